The topological polar surface area (TPSA) is 87.1 Å². The Morgan fingerprint density at radius 3 is 3.00 bits per heavy atom. The molecule has 0 unspecified atom stereocenters. The molecule has 0 spiro atoms. The summed E-state index contributed by atoms with van der Waals surface area (Å²) in [4.78, 5) is 8.87. The molecule has 0 aliphatic carbocycles. The van der Waals surface area contributed by atoms with Crippen molar-refractivity contribution in [3.63, 3.8) is 0 Å². The number of aromatic nitrogens is 3. The molecule has 0 amide bonds. The van der Waals surface area contributed by atoms with Crippen LogP contribution in [-0.2, 0) is 10.3 Å². The highest BCUT2D eigenvalue weighted by Gasteiger charge is 2.35. The van der Waals surface area contributed by atoms with E-state index >= 15 is 0 Å². The van der Waals surface area contributed by atoms with Crippen LogP contribution in [0.15, 0.2) is 28.2 Å². The zero-order valence-electron chi connectivity index (χ0n) is 11.3. The lowest BCUT2D eigenvalue weighted by atomic mass is 9.91. The number of pyridine rings is 1. The lowest BCUT2D eigenvalue weighted by Gasteiger charge is -2.29. The molecular weight excluding hydrogens is 288 g/mol. The van der Waals surface area contributed by atoms with Crippen LogP contribution < -0.4 is 5.73 Å². The highest BCUT2D eigenvalue weighted by molar-refractivity contribution is 7.17. The minimum atomic E-state index is -0.579. The monoisotopic (exact) mass is 302 g/mol. The smallest absolute Gasteiger partial charge is 0.247 e. The molecule has 2 N–H and O–H groups in total. The summed E-state index contributed by atoms with van der Waals surface area (Å²) in [6, 6.07) is 4.01. The van der Waals surface area contributed by atoms with Crippen molar-refractivity contribution in [1.29, 1.82) is 0 Å². The van der Waals surface area contributed by atoms with E-state index in [4.69, 9.17) is 15.0 Å². The van der Waals surface area contributed by atoms with Gasteiger partial charge in [-0.2, -0.15) is 4.98 Å². The standard InChI is InChI=1S/C14H14N4O2S/c15-14(2-4-19-5-3-14)13-17-12(18-20-13)9-7-11-10(16-8-9)1-6-21-11/h1,6-8H,2-5,15H2. The zero-order valence-corrected chi connectivity index (χ0v) is 12.1. The van der Waals surface area contributed by atoms with Crippen LogP contribution in [0, 0.1) is 0 Å². The molecule has 0 saturated carbocycles. The maximum absolute atomic E-state index is 6.36. The number of hydrogen-bond acceptors (Lipinski definition) is 7. The van der Waals surface area contributed by atoms with Crippen molar-refractivity contribution < 1.29 is 9.26 Å². The zero-order chi connectivity index (χ0) is 14.3. The molecule has 1 aliphatic rings. The van der Waals surface area contributed by atoms with Gasteiger partial charge in [-0.15, -0.1) is 11.3 Å². The molecule has 0 aromatic carbocycles. The summed E-state index contributed by atoms with van der Waals surface area (Å²) in [5, 5.41) is 6.07. The van der Waals surface area contributed by atoms with Crippen molar-refractivity contribution in [2.75, 3.05) is 13.2 Å². The number of rotatable bonds is 2. The van der Waals surface area contributed by atoms with Gasteiger partial charge < -0.3 is 15.0 Å². The normalized spacial score (nSPS) is 18.1. The highest BCUT2D eigenvalue weighted by Crippen LogP contribution is 2.30. The largest absolute Gasteiger partial charge is 0.381 e. The van der Waals surface area contributed by atoms with E-state index in [1.54, 1.807) is 17.5 Å². The second-order valence-electron chi connectivity index (χ2n) is 5.22. The summed E-state index contributed by atoms with van der Waals surface area (Å²) in [6.45, 7) is 1.24. The number of nitrogens with two attached hydrogens (primary N) is 1. The van der Waals surface area contributed by atoms with Crippen LogP contribution in [0.25, 0.3) is 21.6 Å². The average Bonchev–Trinajstić information content (AvgIpc) is 3.17. The minimum absolute atomic E-state index is 0.479. The van der Waals surface area contributed by atoms with Gasteiger partial charge in [0.05, 0.1) is 10.2 Å². The van der Waals surface area contributed by atoms with Crippen LogP contribution in [0.5, 0.6) is 0 Å². The molecule has 21 heavy (non-hydrogen) atoms. The molecule has 4 rings (SSSR count). The third-order valence-electron chi connectivity index (χ3n) is 3.80. The van der Waals surface area contributed by atoms with Crippen molar-refractivity contribution in [3.8, 4) is 11.4 Å². The molecule has 1 aliphatic heterocycles. The summed E-state index contributed by atoms with van der Waals surface area (Å²) < 4.78 is 11.8. The first kappa shape index (κ1) is 12.9. The van der Waals surface area contributed by atoms with Crippen LogP contribution in [0.4, 0.5) is 0 Å². The van der Waals surface area contributed by atoms with Crippen LogP contribution in [0.2, 0.25) is 0 Å². The van der Waals surface area contributed by atoms with E-state index in [-0.39, 0.29) is 0 Å². The number of nitrogens with zero attached hydrogens (tertiary/aromatic N) is 3. The molecule has 108 valence electrons. The van der Waals surface area contributed by atoms with Gasteiger partial charge >= 0.3 is 0 Å². The summed E-state index contributed by atoms with van der Waals surface area (Å²) in [5.74, 6) is 1.01. The van der Waals surface area contributed by atoms with E-state index in [0.717, 1.165) is 15.8 Å². The lowest BCUT2D eigenvalue weighted by Crippen LogP contribution is -2.42. The van der Waals surface area contributed by atoms with Crippen LogP contribution in [0.1, 0.15) is 18.7 Å². The molecule has 4 heterocycles. The van der Waals surface area contributed by atoms with Gasteiger partial charge in [-0.3, -0.25) is 4.98 Å². The van der Waals surface area contributed by atoms with Crippen molar-refractivity contribution in [2.45, 2.75) is 18.4 Å². The second-order valence-corrected chi connectivity index (χ2v) is 6.17. The first-order chi connectivity index (χ1) is 10.2. The fourth-order valence-corrected chi connectivity index (χ4v) is 3.24. The van der Waals surface area contributed by atoms with E-state index < -0.39 is 5.54 Å². The molecule has 0 radical (unpaired) electrons. The van der Waals surface area contributed by atoms with Gasteiger partial charge in [-0.25, -0.2) is 0 Å². The van der Waals surface area contributed by atoms with E-state index in [9.17, 15) is 0 Å². The average molecular weight is 302 g/mol. The Bertz CT molecular complexity index is 776. The van der Waals surface area contributed by atoms with Gasteiger partial charge in [0.25, 0.3) is 0 Å². The summed E-state index contributed by atoms with van der Waals surface area (Å²) in [5.41, 5.74) is 7.60. The molecule has 0 atom stereocenters. The quantitative estimate of drug-likeness (QED) is 0.781. The number of ether oxygens (including phenoxy) is 1. The fourth-order valence-electron chi connectivity index (χ4n) is 2.46. The Morgan fingerprint density at radius 1 is 1.29 bits per heavy atom. The first-order valence-corrected chi connectivity index (χ1v) is 7.67. The van der Waals surface area contributed by atoms with Crippen LogP contribution >= 0.6 is 11.3 Å². The Labute approximate surface area is 124 Å². The summed E-state index contributed by atoms with van der Waals surface area (Å²) >= 11 is 1.64. The maximum Gasteiger partial charge on any atom is 0.247 e. The Kier molecular flexibility index (Phi) is 2.99. The SMILES string of the molecule is NC1(c2nc(-c3cnc4ccsc4c3)no2)CCOCC1. The van der Waals surface area contributed by atoms with E-state index in [0.29, 0.717) is 37.8 Å². The molecule has 0 bridgehead atoms. The third kappa shape index (κ3) is 2.23. The molecule has 3 aromatic rings. The van der Waals surface area contributed by atoms with E-state index in [1.165, 1.54) is 0 Å². The lowest BCUT2D eigenvalue weighted by molar-refractivity contribution is 0.0400. The van der Waals surface area contributed by atoms with Gasteiger partial charge in [0, 0.05) is 25.0 Å². The molecular formula is C14H14N4O2S. The van der Waals surface area contributed by atoms with Gasteiger partial charge in [-0.1, -0.05) is 5.16 Å². The fraction of sp³-hybridized carbons (Fsp3) is 0.357. The van der Waals surface area contributed by atoms with Gasteiger partial charge in [-0.05, 0) is 30.4 Å². The Balaban J connectivity index is 1.70. The Morgan fingerprint density at radius 2 is 2.14 bits per heavy atom. The number of thiophene rings is 1. The van der Waals surface area contributed by atoms with Crippen molar-refractivity contribution in [1.82, 2.24) is 15.1 Å². The van der Waals surface area contributed by atoms with Crippen molar-refractivity contribution >= 4 is 21.6 Å². The van der Waals surface area contributed by atoms with Gasteiger partial charge in [0.2, 0.25) is 11.7 Å². The Hall–Kier alpha value is -1.83. The second kappa shape index (κ2) is 4.87. The summed E-state index contributed by atoms with van der Waals surface area (Å²) in [7, 11) is 0. The van der Waals surface area contributed by atoms with Gasteiger partial charge in [0.1, 0.15) is 5.54 Å². The number of fused-ring (bicyclic) bond motifs is 1. The van der Waals surface area contributed by atoms with Crippen molar-refractivity contribution in [3.05, 3.63) is 29.6 Å². The van der Waals surface area contributed by atoms with Crippen LogP contribution in [0.3, 0.4) is 0 Å². The van der Waals surface area contributed by atoms with Gasteiger partial charge in [0.15, 0.2) is 0 Å². The molecule has 1 saturated heterocycles. The summed E-state index contributed by atoms with van der Waals surface area (Å²) in [6.07, 6.45) is 3.14. The molecule has 3 aromatic heterocycles. The molecule has 6 nitrogen and oxygen atoms in total. The van der Waals surface area contributed by atoms with Crippen LogP contribution in [-0.4, -0.2) is 28.3 Å². The third-order valence-corrected chi connectivity index (χ3v) is 4.65. The predicted molar refractivity (Wildman–Crippen MR) is 78.8 cm³/mol. The maximum atomic E-state index is 6.36. The van der Waals surface area contributed by atoms with Crippen molar-refractivity contribution in [2.24, 2.45) is 5.73 Å². The number of hydrogen-bond donors (Lipinski definition) is 1. The molecule has 7 heteroatoms. The minimum Gasteiger partial charge on any atom is -0.381 e. The molecule has 1 fully saturated rings. The van der Waals surface area contributed by atoms with E-state index in [2.05, 4.69) is 15.1 Å². The van der Waals surface area contributed by atoms with E-state index in [1.807, 2.05) is 17.5 Å². The highest BCUT2D eigenvalue weighted by atomic mass is 32.1. The predicted octanol–water partition coefficient (Wildman–Crippen LogP) is 2.31. The first-order valence-electron chi connectivity index (χ1n) is 6.79.